The van der Waals surface area contributed by atoms with E-state index < -0.39 is 0 Å². The first-order valence-corrected chi connectivity index (χ1v) is 5.27. The molecule has 0 radical (unpaired) electrons. The highest BCUT2D eigenvalue weighted by atomic mass is 35.5. The average Bonchev–Trinajstić information content (AvgIpc) is 2.25. The molecule has 1 aromatic rings. The van der Waals surface area contributed by atoms with Gasteiger partial charge in [0.25, 0.3) is 0 Å². The van der Waals surface area contributed by atoms with Crippen molar-refractivity contribution in [3.05, 3.63) is 34.9 Å². The first-order chi connectivity index (χ1) is 7.17. The molecule has 0 bridgehead atoms. The summed E-state index contributed by atoms with van der Waals surface area (Å²) in [7, 11) is 0. The van der Waals surface area contributed by atoms with Crippen LogP contribution in [0.3, 0.4) is 0 Å². The van der Waals surface area contributed by atoms with E-state index in [-0.39, 0.29) is 18.1 Å². The lowest BCUT2D eigenvalue weighted by atomic mass is 9.94. The fourth-order valence-electron chi connectivity index (χ4n) is 1.37. The molecular weight excluding hydrogens is 212 g/mol. The number of rotatable bonds is 5. The number of hydrogen-bond donors (Lipinski definition) is 0. The molecule has 1 rings (SSSR count). The summed E-state index contributed by atoms with van der Waals surface area (Å²) >= 11 is 5.82. The molecule has 0 aliphatic heterocycles. The van der Waals surface area contributed by atoms with Gasteiger partial charge in [0.2, 0.25) is 0 Å². The van der Waals surface area contributed by atoms with Crippen molar-refractivity contribution in [3.63, 3.8) is 0 Å². The van der Waals surface area contributed by atoms with Crippen LogP contribution < -0.4 is 0 Å². The van der Waals surface area contributed by atoms with Crippen LogP contribution in [0, 0.1) is 0 Å². The highest BCUT2D eigenvalue weighted by Crippen LogP contribution is 2.21. The Labute approximate surface area is 94.2 Å². The highest BCUT2D eigenvalue weighted by molar-refractivity contribution is 6.30. The molecule has 0 fully saturated rings. The number of benzene rings is 1. The number of carbonyl (C=O) groups excluding carboxylic acids is 2. The van der Waals surface area contributed by atoms with E-state index in [1.165, 1.54) is 0 Å². The van der Waals surface area contributed by atoms with Gasteiger partial charge in [0.05, 0.1) is 0 Å². The Morgan fingerprint density at radius 3 is 2.80 bits per heavy atom. The number of halogens is 1. The smallest absolute Gasteiger partial charge is 0.133 e. The van der Waals surface area contributed by atoms with E-state index in [2.05, 4.69) is 0 Å². The Balaban J connectivity index is 2.83. The molecule has 0 spiro atoms. The second-order valence-corrected chi connectivity index (χ2v) is 3.83. The van der Waals surface area contributed by atoms with Crippen LogP contribution in [-0.4, -0.2) is 12.1 Å². The SMILES string of the molecule is CCC(=O)CC(C=O)c1cccc(Cl)c1. The van der Waals surface area contributed by atoms with Crippen molar-refractivity contribution >= 4 is 23.7 Å². The summed E-state index contributed by atoms with van der Waals surface area (Å²) in [5, 5.41) is 0.586. The summed E-state index contributed by atoms with van der Waals surface area (Å²) in [6.07, 6.45) is 1.53. The van der Waals surface area contributed by atoms with E-state index in [0.717, 1.165) is 11.8 Å². The van der Waals surface area contributed by atoms with Gasteiger partial charge >= 0.3 is 0 Å². The minimum absolute atomic E-state index is 0.0899. The summed E-state index contributed by atoms with van der Waals surface area (Å²) < 4.78 is 0. The molecule has 0 saturated heterocycles. The van der Waals surface area contributed by atoms with Crippen LogP contribution >= 0.6 is 11.6 Å². The lowest BCUT2D eigenvalue weighted by Crippen LogP contribution is -2.07. The number of carbonyl (C=O) groups is 2. The quantitative estimate of drug-likeness (QED) is 0.721. The third-order valence-electron chi connectivity index (χ3n) is 2.28. The predicted molar refractivity (Wildman–Crippen MR) is 60.2 cm³/mol. The molecule has 15 heavy (non-hydrogen) atoms. The largest absolute Gasteiger partial charge is 0.303 e. The second kappa shape index (κ2) is 5.66. The van der Waals surface area contributed by atoms with Crippen molar-refractivity contribution in [1.29, 1.82) is 0 Å². The molecule has 0 heterocycles. The fraction of sp³-hybridized carbons (Fsp3) is 0.333. The number of ketones is 1. The van der Waals surface area contributed by atoms with Gasteiger partial charge < -0.3 is 4.79 Å². The van der Waals surface area contributed by atoms with Gasteiger partial charge in [-0.2, -0.15) is 0 Å². The van der Waals surface area contributed by atoms with Crippen LogP contribution in [0.15, 0.2) is 24.3 Å². The molecule has 1 atom stereocenters. The van der Waals surface area contributed by atoms with Crippen molar-refractivity contribution in [2.45, 2.75) is 25.7 Å². The Bertz CT molecular complexity index is 360. The van der Waals surface area contributed by atoms with E-state index >= 15 is 0 Å². The van der Waals surface area contributed by atoms with Crippen LogP contribution in [0.5, 0.6) is 0 Å². The maximum Gasteiger partial charge on any atom is 0.133 e. The van der Waals surface area contributed by atoms with Gasteiger partial charge in [0.1, 0.15) is 12.1 Å². The molecule has 1 aromatic carbocycles. The third-order valence-corrected chi connectivity index (χ3v) is 2.52. The summed E-state index contributed by atoms with van der Waals surface area (Å²) in [6, 6.07) is 7.07. The minimum atomic E-state index is -0.365. The van der Waals surface area contributed by atoms with Crippen LogP contribution in [0.2, 0.25) is 5.02 Å². The van der Waals surface area contributed by atoms with Gasteiger partial charge in [0.15, 0.2) is 0 Å². The van der Waals surface area contributed by atoms with Crippen molar-refractivity contribution in [3.8, 4) is 0 Å². The molecule has 0 amide bonds. The number of aldehydes is 1. The van der Waals surface area contributed by atoms with Crippen molar-refractivity contribution in [1.82, 2.24) is 0 Å². The number of Topliss-reactive ketones (excluding diaryl/α,β-unsaturated/α-hetero) is 1. The summed E-state index contributed by atoms with van der Waals surface area (Å²) in [6.45, 7) is 1.79. The lowest BCUT2D eigenvalue weighted by molar-refractivity contribution is -0.121. The van der Waals surface area contributed by atoms with Gasteiger partial charge in [-0.05, 0) is 17.7 Å². The zero-order chi connectivity index (χ0) is 11.3. The lowest BCUT2D eigenvalue weighted by Gasteiger charge is -2.09. The molecule has 0 saturated carbocycles. The molecule has 0 aliphatic rings. The Morgan fingerprint density at radius 1 is 1.53 bits per heavy atom. The van der Waals surface area contributed by atoms with Gasteiger partial charge in [0, 0.05) is 23.8 Å². The van der Waals surface area contributed by atoms with Crippen molar-refractivity contribution < 1.29 is 9.59 Å². The molecule has 0 N–H and O–H groups in total. The highest BCUT2D eigenvalue weighted by Gasteiger charge is 2.14. The molecule has 0 aromatic heterocycles. The van der Waals surface area contributed by atoms with Gasteiger partial charge in [-0.3, -0.25) is 4.79 Å². The summed E-state index contributed by atoms with van der Waals surface area (Å²) in [4.78, 5) is 22.1. The topological polar surface area (TPSA) is 34.1 Å². The molecule has 3 heteroatoms. The second-order valence-electron chi connectivity index (χ2n) is 3.39. The monoisotopic (exact) mass is 224 g/mol. The van der Waals surface area contributed by atoms with Crippen LogP contribution in [0.4, 0.5) is 0 Å². The Hall–Kier alpha value is -1.15. The number of hydrogen-bond acceptors (Lipinski definition) is 2. The average molecular weight is 225 g/mol. The van der Waals surface area contributed by atoms with E-state index in [0.29, 0.717) is 11.4 Å². The van der Waals surface area contributed by atoms with Gasteiger partial charge in [-0.1, -0.05) is 30.7 Å². The standard InChI is InChI=1S/C12H13ClO2/c1-2-12(15)7-10(8-14)9-4-3-5-11(13)6-9/h3-6,8,10H,2,7H2,1H3. The van der Waals surface area contributed by atoms with E-state index in [1.807, 2.05) is 6.07 Å². The predicted octanol–water partition coefficient (Wildman–Crippen LogP) is 2.99. The van der Waals surface area contributed by atoms with Gasteiger partial charge in [-0.15, -0.1) is 0 Å². The molecule has 80 valence electrons. The van der Waals surface area contributed by atoms with Crippen molar-refractivity contribution in [2.75, 3.05) is 0 Å². The fourth-order valence-corrected chi connectivity index (χ4v) is 1.57. The Morgan fingerprint density at radius 2 is 2.27 bits per heavy atom. The van der Waals surface area contributed by atoms with E-state index in [4.69, 9.17) is 11.6 Å². The first kappa shape index (κ1) is 11.9. The first-order valence-electron chi connectivity index (χ1n) is 4.89. The van der Waals surface area contributed by atoms with Gasteiger partial charge in [-0.25, -0.2) is 0 Å². The van der Waals surface area contributed by atoms with Crippen molar-refractivity contribution in [2.24, 2.45) is 0 Å². The van der Waals surface area contributed by atoms with E-state index in [1.54, 1.807) is 25.1 Å². The van der Waals surface area contributed by atoms with Crippen LogP contribution in [0.25, 0.3) is 0 Å². The molecular formula is C12H13ClO2. The maximum absolute atomic E-state index is 11.2. The normalized spacial score (nSPS) is 12.1. The minimum Gasteiger partial charge on any atom is -0.303 e. The zero-order valence-electron chi connectivity index (χ0n) is 8.57. The van der Waals surface area contributed by atoms with E-state index in [9.17, 15) is 9.59 Å². The molecule has 2 nitrogen and oxygen atoms in total. The maximum atomic E-state index is 11.2. The third kappa shape index (κ3) is 3.48. The zero-order valence-corrected chi connectivity index (χ0v) is 9.33. The Kier molecular flexibility index (Phi) is 4.50. The summed E-state index contributed by atoms with van der Waals surface area (Å²) in [5.41, 5.74) is 0.805. The molecule has 0 aliphatic carbocycles. The summed E-state index contributed by atoms with van der Waals surface area (Å²) in [5.74, 6) is -0.275. The molecule has 1 unspecified atom stereocenters. The van der Waals surface area contributed by atoms with Crippen LogP contribution in [-0.2, 0) is 9.59 Å². The van der Waals surface area contributed by atoms with Crippen LogP contribution in [0.1, 0.15) is 31.2 Å².